The highest BCUT2D eigenvalue weighted by Crippen LogP contribution is 2.14. The Kier molecular flexibility index (Phi) is 4.32. The summed E-state index contributed by atoms with van der Waals surface area (Å²) in [6.45, 7) is 1.76. The Hall–Kier alpha value is -0.640. The van der Waals surface area contributed by atoms with Crippen LogP contribution in [0.15, 0.2) is 40.3 Å². The van der Waals surface area contributed by atoms with Crippen LogP contribution in [-0.2, 0) is 17.5 Å². The predicted octanol–water partition coefficient (Wildman–Crippen LogP) is 2.61. The summed E-state index contributed by atoms with van der Waals surface area (Å²) < 4.78 is 21.6. The van der Waals surface area contributed by atoms with Gasteiger partial charge in [0, 0.05) is 9.93 Å². The molecule has 0 saturated heterocycles. The number of hydrogen-bond acceptors (Lipinski definition) is 2. The van der Waals surface area contributed by atoms with E-state index in [9.17, 15) is 8.76 Å². The largest absolute Gasteiger partial charge is 0.768 e. The van der Waals surface area contributed by atoms with E-state index in [0.717, 1.165) is 5.56 Å². The highest BCUT2D eigenvalue weighted by molar-refractivity contribution is 7.79. The molecule has 0 aliphatic carbocycles. The summed E-state index contributed by atoms with van der Waals surface area (Å²) in [4.78, 5) is 0.335. The summed E-state index contributed by atoms with van der Waals surface area (Å²) in [5.41, 5.74) is 0.765. The van der Waals surface area contributed by atoms with Gasteiger partial charge < -0.3 is 4.55 Å². The maximum Gasteiger partial charge on any atom is 0.0283 e. The van der Waals surface area contributed by atoms with E-state index in [-0.39, 0.29) is 0 Å². The van der Waals surface area contributed by atoms with E-state index in [4.69, 9.17) is 11.6 Å². The highest BCUT2D eigenvalue weighted by Gasteiger charge is 1.99. The first kappa shape index (κ1) is 11.4. The van der Waals surface area contributed by atoms with Crippen LogP contribution in [0.3, 0.4) is 0 Å². The Morgan fingerprint density at radius 1 is 1.57 bits per heavy atom. The van der Waals surface area contributed by atoms with Crippen LogP contribution in [0.5, 0.6) is 0 Å². The average molecular weight is 230 g/mol. The Bertz CT molecular complexity index is 370. The molecule has 1 rings (SSSR count). The summed E-state index contributed by atoms with van der Waals surface area (Å²) >= 11 is 3.49. The van der Waals surface area contributed by atoms with E-state index < -0.39 is 11.1 Å². The van der Waals surface area contributed by atoms with Gasteiger partial charge in [-0.2, -0.15) is 0 Å². The van der Waals surface area contributed by atoms with Crippen LogP contribution in [0, 0.1) is 0 Å². The molecule has 0 heterocycles. The molecule has 0 saturated carbocycles. The van der Waals surface area contributed by atoms with Gasteiger partial charge >= 0.3 is 0 Å². The number of halogens is 1. The predicted molar refractivity (Wildman–Crippen MR) is 56.9 cm³/mol. The van der Waals surface area contributed by atoms with Crippen molar-refractivity contribution in [1.29, 1.82) is 0 Å². The van der Waals surface area contributed by atoms with Gasteiger partial charge in [0.2, 0.25) is 0 Å². The molecule has 2 nitrogen and oxygen atoms in total. The first-order chi connectivity index (χ1) is 6.61. The van der Waals surface area contributed by atoms with Crippen LogP contribution in [-0.4, -0.2) is 8.76 Å². The monoisotopic (exact) mass is 229 g/mol. The first-order valence-corrected chi connectivity index (χ1v) is 5.56. The van der Waals surface area contributed by atoms with E-state index in [1.165, 1.54) is 0 Å². The molecule has 0 aromatic heterocycles. The van der Waals surface area contributed by atoms with Gasteiger partial charge in [0.25, 0.3) is 0 Å². The SMILES string of the molecule is CC(Cl)=CCc1ccccc1S(=O)[O-]. The first-order valence-electron chi connectivity index (χ1n) is 4.10. The fourth-order valence-corrected chi connectivity index (χ4v) is 1.72. The van der Waals surface area contributed by atoms with Crippen LogP contribution in [0.25, 0.3) is 0 Å². The van der Waals surface area contributed by atoms with Crippen LogP contribution >= 0.6 is 11.6 Å². The molecule has 4 heteroatoms. The minimum absolute atomic E-state index is 0.335. The zero-order chi connectivity index (χ0) is 10.6. The molecule has 0 aliphatic heterocycles. The van der Waals surface area contributed by atoms with E-state index in [1.807, 2.05) is 6.07 Å². The van der Waals surface area contributed by atoms with Crippen molar-refractivity contribution in [3.63, 3.8) is 0 Å². The van der Waals surface area contributed by atoms with Crippen molar-refractivity contribution >= 4 is 22.7 Å². The quantitative estimate of drug-likeness (QED) is 0.748. The van der Waals surface area contributed by atoms with Gasteiger partial charge in [-0.05, 0) is 36.1 Å². The van der Waals surface area contributed by atoms with E-state index in [0.29, 0.717) is 16.3 Å². The second kappa shape index (κ2) is 5.29. The molecule has 0 aliphatic rings. The molecular weight excluding hydrogens is 220 g/mol. The maximum atomic E-state index is 10.8. The molecule has 1 aromatic carbocycles. The van der Waals surface area contributed by atoms with E-state index in [2.05, 4.69) is 0 Å². The maximum absolute atomic E-state index is 10.8. The molecule has 0 fully saturated rings. The zero-order valence-electron chi connectivity index (χ0n) is 7.70. The Morgan fingerprint density at radius 2 is 2.21 bits per heavy atom. The third-order valence-corrected chi connectivity index (χ3v) is 2.67. The highest BCUT2D eigenvalue weighted by atomic mass is 35.5. The fourth-order valence-electron chi connectivity index (χ4n) is 1.09. The van der Waals surface area contributed by atoms with Gasteiger partial charge in [-0.25, -0.2) is 0 Å². The van der Waals surface area contributed by atoms with Gasteiger partial charge in [-0.15, -0.1) is 0 Å². The minimum Gasteiger partial charge on any atom is -0.768 e. The molecule has 0 spiro atoms. The van der Waals surface area contributed by atoms with Crippen molar-refractivity contribution in [3.8, 4) is 0 Å². The van der Waals surface area contributed by atoms with Crippen LogP contribution in [0.2, 0.25) is 0 Å². The Morgan fingerprint density at radius 3 is 2.79 bits per heavy atom. The van der Waals surface area contributed by atoms with Crippen molar-refractivity contribution in [2.45, 2.75) is 18.2 Å². The van der Waals surface area contributed by atoms with Crippen molar-refractivity contribution in [2.75, 3.05) is 0 Å². The summed E-state index contributed by atoms with van der Waals surface area (Å²) in [5.74, 6) is 0. The molecule has 14 heavy (non-hydrogen) atoms. The Labute approximate surface area is 90.9 Å². The lowest BCUT2D eigenvalue weighted by Gasteiger charge is -2.09. The summed E-state index contributed by atoms with van der Waals surface area (Å²) in [7, 11) is 0. The van der Waals surface area contributed by atoms with Gasteiger partial charge in [-0.3, -0.25) is 4.21 Å². The van der Waals surface area contributed by atoms with Crippen molar-refractivity contribution in [2.24, 2.45) is 0 Å². The molecule has 1 aromatic rings. The fraction of sp³-hybridized carbons (Fsp3) is 0.200. The van der Waals surface area contributed by atoms with E-state index in [1.54, 1.807) is 31.2 Å². The molecule has 0 radical (unpaired) electrons. The second-order valence-corrected chi connectivity index (χ2v) is 4.34. The van der Waals surface area contributed by atoms with E-state index >= 15 is 0 Å². The standard InChI is InChI=1S/C10H11ClO2S/c1-8(11)6-7-9-4-2-3-5-10(9)14(12)13/h2-6H,7H2,1H3,(H,12,13)/p-1. The van der Waals surface area contributed by atoms with Gasteiger partial charge in [-0.1, -0.05) is 35.9 Å². The summed E-state index contributed by atoms with van der Waals surface area (Å²) in [6, 6.07) is 6.87. The van der Waals surface area contributed by atoms with Crippen LogP contribution < -0.4 is 0 Å². The Balaban J connectivity index is 2.96. The van der Waals surface area contributed by atoms with Crippen LogP contribution in [0.4, 0.5) is 0 Å². The smallest absolute Gasteiger partial charge is 0.0283 e. The third kappa shape index (κ3) is 3.25. The lowest BCUT2D eigenvalue weighted by molar-refractivity contribution is 0.536. The third-order valence-electron chi connectivity index (χ3n) is 1.76. The number of rotatable bonds is 3. The minimum atomic E-state index is -2.18. The molecule has 1 atom stereocenters. The van der Waals surface area contributed by atoms with Crippen molar-refractivity contribution < 1.29 is 8.76 Å². The molecule has 1 unspecified atom stereocenters. The van der Waals surface area contributed by atoms with Crippen LogP contribution in [0.1, 0.15) is 12.5 Å². The molecule has 76 valence electrons. The number of benzene rings is 1. The number of allylic oxidation sites excluding steroid dienone is 2. The zero-order valence-corrected chi connectivity index (χ0v) is 9.27. The lowest BCUT2D eigenvalue weighted by atomic mass is 10.1. The van der Waals surface area contributed by atoms with Crippen molar-refractivity contribution in [3.05, 3.63) is 40.9 Å². The normalized spacial score (nSPS) is 14.1. The van der Waals surface area contributed by atoms with Gasteiger partial charge in [0.05, 0.1) is 0 Å². The second-order valence-electron chi connectivity index (χ2n) is 2.84. The average Bonchev–Trinajstić information content (AvgIpc) is 2.15. The molecule has 0 N–H and O–H groups in total. The van der Waals surface area contributed by atoms with Gasteiger partial charge in [0.15, 0.2) is 0 Å². The molecule has 0 bridgehead atoms. The summed E-state index contributed by atoms with van der Waals surface area (Å²) in [6.07, 6.45) is 2.33. The van der Waals surface area contributed by atoms with Gasteiger partial charge in [0.1, 0.15) is 0 Å². The number of hydrogen-bond donors (Lipinski definition) is 0. The lowest BCUT2D eigenvalue weighted by Crippen LogP contribution is -1.95. The summed E-state index contributed by atoms with van der Waals surface area (Å²) in [5, 5.41) is 0.663. The van der Waals surface area contributed by atoms with Crippen molar-refractivity contribution in [1.82, 2.24) is 0 Å². The molecular formula is C10H10ClO2S-. The molecule has 0 amide bonds. The topological polar surface area (TPSA) is 40.1 Å².